The first-order chi connectivity index (χ1) is 6.14. The Morgan fingerprint density at radius 1 is 1.31 bits per heavy atom. The standard InChI is InChI=1S/C9H11NO2S/c10-4-3-7-5-8-1-2-9(6-7)13(8,11)12/h3,8-9H,1-2,5-6H2. The quantitative estimate of drug-likeness (QED) is 0.548. The Balaban J connectivity index is 2.31. The Morgan fingerprint density at radius 3 is 2.31 bits per heavy atom. The third kappa shape index (κ3) is 1.28. The largest absolute Gasteiger partial charge is 0.228 e. The lowest BCUT2D eigenvalue weighted by Gasteiger charge is -2.21. The zero-order valence-electron chi connectivity index (χ0n) is 7.23. The summed E-state index contributed by atoms with van der Waals surface area (Å²) in [5.41, 5.74) is 1.02. The van der Waals surface area contributed by atoms with Gasteiger partial charge in [0.2, 0.25) is 0 Å². The van der Waals surface area contributed by atoms with Crippen LogP contribution in [0.2, 0.25) is 0 Å². The molecule has 2 bridgehead atoms. The van der Waals surface area contributed by atoms with E-state index in [1.165, 1.54) is 6.08 Å². The van der Waals surface area contributed by atoms with Crippen LogP contribution in [-0.2, 0) is 9.84 Å². The van der Waals surface area contributed by atoms with Crippen molar-refractivity contribution in [2.75, 3.05) is 0 Å². The highest BCUT2D eigenvalue weighted by Crippen LogP contribution is 2.40. The summed E-state index contributed by atoms with van der Waals surface area (Å²) in [6.45, 7) is 0. The van der Waals surface area contributed by atoms with Crippen LogP contribution in [0.3, 0.4) is 0 Å². The molecule has 0 amide bonds. The van der Waals surface area contributed by atoms with Gasteiger partial charge in [-0.15, -0.1) is 0 Å². The Bertz CT molecular complexity index is 366. The fraction of sp³-hybridized carbons (Fsp3) is 0.667. The number of hydrogen-bond donors (Lipinski definition) is 0. The van der Waals surface area contributed by atoms with E-state index in [0.29, 0.717) is 12.8 Å². The predicted octanol–water partition coefficient (Wildman–Crippen LogP) is 1.18. The van der Waals surface area contributed by atoms with Gasteiger partial charge in [-0.05, 0) is 25.7 Å². The van der Waals surface area contributed by atoms with Crippen LogP contribution in [0.15, 0.2) is 11.6 Å². The van der Waals surface area contributed by atoms with Gasteiger partial charge in [-0.2, -0.15) is 5.26 Å². The average Bonchev–Trinajstić information content (AvgIpc) is 2.29. The van der Waals surface area contributed by atoms with Crippen molar-refractivity contribution in [3.63, 3.8) is 0 Å². The van der Waals surface area contributed by atoms with E-state index >= 15 is 0 Å². The van der Waals surface area contributed by atoms with Gasteiger partial charge in [0.15, 0.2) is 9.84 Å². The van der Waals surface area contributed by atoms with Crippen molar-refractivity contribution >= 4 is 9.84 Å². The Labute approximate surface area is 78.0 Å². The molecule has 2 aliphatic heterocycles. The lowest BCUT2D eigenvalue weighted by molar-refractivity contribution is 0.570. The second-order valence-electron chi connectivity index (χ2n) is 3.75. The summed E-state index contributed by atoms with van der Waals surface area (Å²) in [4.78, 5) is 0. The molecule has 3 nitrogen and oxygen atoms in total. The molecule has 0 spiro atoms. The topological polar surface area (TPSA) is 57.9 Å². The number of hydrogen-bond acceptors (Lipinski definition) is 3. The van der Waals surface area contributed by atoms with E-state index in [2.05, 4.69) is 0 Å². The van der Waals surface area contributed by atoms with Crippen LogP contribution >= 0.6 is 0 Å². The van der Waals surface area contributed by atoms with Gasteiger partial charge in [0.05, 0.1) is 16.6 Å². The molecule has 2 saturated heterocycles. The average molecular weight is 197 g/mol. The van der Waals surface area contributed by atoms with E-state index in [1.807, 2.05) is 6.07 Å². The molecule has 0 saturated carbocycles. The zero-order chi connectivity index (χ0) is 9.47. The van der Waals surface area contributed by atoms with Crippen LogP contribution in [0.25, 0.3) is 0 Å². The van der Waals surface area contributed by atoms with Crippen LogP contribution in [0, 0.1) is 11.3 Å². The second kappa shape index (κ2) is 2.85. The molecule has 2 rings (SSSR count). The van der Waals surface area contributed by atoms with Crippen molar-refractivity contribution in [2.24, 2.45) is 0 Å². The Morgan fingerprint density at radius 2 is 1.85 bits per heavy atom. The normalized spacial score (nSPS) is 35.5. The Hall–Kier alpha value is -0.820. The molecule has 70 valence electrons. The maximum absolute atomic E-state index is 11.6. The minimum absolute atomic E-state index is 0.189. The first-order valence-corrected chi connectivity index (χ1v) is 6.06. The Kier molecular flexibility index (Phi) is 1.92. The van der Waals surface area contributed by atoms with Crippen LogP contribution in [0.5, 0.6) is 0 Å². The number of nitriles is 1. The number of sulfone groups is 1. The number of nitrogens with zero attached hydrogens (tertiary/aromatic N) is 1. The van der Waals surface area contributed by atoms with Gasteiger partial charge in [0, 0.05) is 6.08 Å². The van der Waals surface area contributed by atoms with E-state index in [4.69, 9.17) is 5.26 Å². The van der Waals surface area contributed by atoms with Crippen molar-refractivity contribution in [2.45, 2.75) is 36.2 Å². The fourth-order valence-electron chi connectivity index (χ4n) is 2.29. The maximum Gasteiger partial charge on any atom is 0.156 e. The molecule has 0 aromatic rings. The van der Waals surface area contributed by atoms with Gasteiger partial charge in [-0.1, -0.05) is 5.57 Å². The molecule has 0 N–H and O–H groups in total. The first-order valence-electron chi connectivity index (χ1n) is 4.45. The first kappa shape index (κ1) is 8.76. The van der Waals surface area contributed by atoms with Crippen molar-refractivity contribution in [1.29, 1.82) is 5.26 Å². The molecule has 0 aliphatic carbocycles. The molecule has 2 heterocycles. The van der Waals surface area contributed by atoms with E-state index in [-0.39, 0.29) is 10.5 Å². The van der Waals surface area contributed by atoms with Crippen molar-refractivity contribution in [3.8, 4) is 6.07 Å². The minimum atomic E-state index is -2.83. The van der Waals surface area contributed by atoms with Gasteiger partial charge < -0.3 is 0 Å². The lowest BCUT2D eigenvalue weighted by atomic mass is 10.1. The number of rotatable bonds is 0. The summed E-state index contributed by atoms with van der Waals surface area (Å²) in [6.07, 6.45) is 4.27. The lowest BCUT2D eigenvalue weighted by Crippen LogP contribution is -2.28. The molecular weight excluding hydrogens is 186 g/mol. The maximum atomic E-state index is 11.6. The van der Waals surface area contributed by atoms with Gasteiger partial charge in [-0.25, -0.2) is 8.42 Å². The van der Waals surface area contributed by atoms with Crippen LogP contribution < -0.4 is 0 Å². The van der Waals surface area contributed by atoms with Crippen molar-refractivity contribution < 1.29 is 8.42 Å². The highest BCUT2D eigenvalue weighted by molar-refractivity contribution is 7.93. The number of allylic oxidation sites excluding steroid dienone is 2. The van der Waals surface area contributed by atoms with E-state index < -0.39 is 9.84 Å². The van der Waals surface area contributed by atoms with Crippen LogP contribution in [0.4, 0.5) is 0 Å². The highest BCUT2D eigenvalue weighted by Gasteiger charge is 2.44. The smallest absolute Gasteiger partial charge is 0.156 e. The molecule has 0 aromatic carbocycles. The monoisotopic (exact) mass is 197 g/mol. The summed E-state index contributed by atoms with van der Waals surface area (Å²) in [6, 6.07) is 1.98. The summed E-state index contributed by atoms with van der Waals surface area (Å²) >= 11 is 0. The van der Waals surface area contributed by atoms with E-state index in [9.17, 15) is 8.42 Å². The summed E-state index contributed by atoms with van der Waals surface area (Å²) in [7, 11) is -2.83. The fourth-order valence-corrected chi connectivity index (χ4v) is 4.65. The van der Waals surface area contributed by atoms with E-state index in [0.717, 1.165) is 18.4 Å². The molecule has 0 radical (unpaired) electrons. The third-order valence-corrected chi connectivity index (χ3v) is 5.65. The van der Waals surface area contributed by atoms with Gasteiger partial charge in [0.1, 0.15) is 0 Å². The van der Waals surface area contributed by atoms with Crippen molar-refractivity contribution in [1.82, 2.24) is 0 Å². The molecule has 4 heteroatoms. The van der Waals surface area contributed by atoms with Crippen LogP contribution in [-0.4, -0.2) is 18.9 Å². The van der Waals surface area contributed by atoms with Gasteiger partial charge in [-0.3, -0.25) is 0 Å². The molecule has 2 atom stereocenters. The summed E-state index contributed by atoms with van der Waals surface area (Å²) in [5, 5.41) is 8.09. The predicted molar refractivity (Wildman–Crippen MR) is 48.7 cm³/mol. The molecule has 2 aliphatic rings. The van der Waals surface area contributed by atoms with Crippen molar-refractivity contribution in [3.05, 3.63) is 11.6 Å². The minimum Gasteiger partial charge on any atom is -0.228 e. The SMILES string of the molecule is N#CC=C1CC2CCC(C1)S2(=O)=O. The molecular formula is C9H11NO2S. The number of fused-ring (bicyclic) bond motifs is 2. The van der Waals surface area contributed by atoms with Gasteiger partial charge >= 0.3 is 0 Å². The summed E-state index contributed by atoms with van der Waals surface area (Å²) in [5.74, 6) is 0. The van der Waals surface area contributed by atoms with Crippen LogP contribution in [0.1, 0.15) is 25.7 Å². The highest BCUT2D eigenvalue weighted by atomic mass is 32.2. The third-order valence-electron chi connectivity index (χ3n) is 2.99. The van der Waals surface area contributed by atoms with E-state index in [1.54, 1.807) is 0 Å². The molecule has 13 heavy (non-hydrogen) atoms. The molecule has 0 aromatic heterocycles. The molecule has 2 fully saturated rings. The zero-order valence-corrected chi connectivity index (χ0v) is 8.05. The second-order valence-corrected chi connectivity index (χ2v) is 6.26. The van der Waals surface area contributed by atoms with Gasteiger partial charge in [0.25, 0.3) is 0 Å². The molecule has 2 unspecified atom stereocenters. The summed E-state index contributed by atoms with van der Waals surface area (Å²) < 4.78 is 23.2.